The summed E-state index contributed by atoms with van der Waals surface area (Å²) in [5.74, 6) is 0.574. The lowest BCUT2D eigenvalue weighted by molar-refractivity contribution is -0.124. The Morgan fingerprint density at radius 1 is 1.60 bits per heavy atom. The van der Waals surface area contributed by atoms with E-state index in [-0.39, 0.29) is 17.9 Å². The Balaban J connectivity index is 2.11. The maximum Gasteiger partial charge on any atom is 0.224 e. The molecule has 3 atom stereocenters. The third-order valence-corrected chi connectivity index (χ3v) is 3.08. The Labute approximate surface area is 91.5 Å². The van der Waals surface area contributed by atoms with Crippen molar-refractivity contribution in [2.75, 3.05) is 19.8 Å². The highest BCUT2D eigenvalue weighted by Crippen LogP contribution is 2.15. The van der Waals surface area contributed by atoms with Crippen molar-refractivity contribution in [3.63, 3.8) is 0 Å². The first-order valence-electron chi connectivity index (χ1n) is 5.72. The average Bonchev–Trinajstić information content (AvgIpc) is 2.69. The van der Waals surface area contributed by atoms with Crippen LogP contribution in [-0.4, -0.2) is 31.7 Å². The zero-order chi connectivity index (χ0) is 11.3. The van der Waals surface area contributed by atoms with Gasteiger partial charge in [0.2, 0.25) is 5.91 Å². The van der Waals surface area contributed by atoms with Gasteiger partial charge in [-0.15, -0.1) is 0 Å². The molecule has 4 heteroatoms. The molecule has 3 N–H and O–H groups in total. The molecule has 1 fully saturated rings. The van der Waals surface area contributed by atoms with Crippen LogP contribution < -0.4 is 11.1 Å². The van der Waals surface area contributed by atoms with Crippen LogP contribution in [0.2, 0.25) is 0 Å². The summed E-state index contributed by atoms with van der Waals surface area (Å²) in [6.45, 7) is 6.17. The third-order valence-electron chi connectivity index (χ3n) is 3.08. The van der Waals surface area contributed by atoms with Crippen LogP contribution >= 0.6 is 0 Å². The summed E-state index contributed by atoms with van der Waals surface area (Å²) < 4.78 is 5.27. The maximum absolute atomic E-state index is 11.5. The average molecular weight is 214 g/mol. The number of amides is 1. The number of hydrogen-bond acceptors (Lipinski definition) is 3. The summed E-state index contributed by atoms with van der Waals surface area (Å²) in [5.41, 5.74) is 5.65. The Morgan fingerprint density at radius 2 is 2.33 bits per heavy atom. The quantitative estimate of drug-likeness (QED) is 0.701. The first-order valence-corrected chi connectivity index (χ1v) is 5.72. The van der Waals surface area contributed by atoms with Crippen molar-refractivity contribution in [3.8, 4) is 0 Å². The number of nitrogens with two attached hydrogens (primary N) is 1. The molecule has 15 heavy (non-hydrogen) atoms. The fraction of sp³-hybridized carbons (Fsp3) is 0.909. The van der Waals surface area contributed by atoms with Gasteiger partial charge in [-0.05, 0) is 25.7 Å². The summed E-state index contributed by atoms with van der Waals surface area (Å²) in [5, 5.41) is 2.92. The molecular weight excluding hydrogens is 192 g/mol. The zero-order valence-electron chi connectivity index (χ0n) is 9.66. The highest BCUT2D eigenvalue weighted by atomic mass is 16.5. The van der Waals surface area contributed by atoms with Crippen molar-refractivity contribution in [2.24, 2.45) is 17.6 Å². The zero-order valence-corrected chi connectivity index (χ0v) is 9.66. The minimum absolute atomic E-state index is 0.0592. The standard InChI is InChI=1S/C11H22N2O2/c1-8(9(2)12)11(14)13-5-3-10-4-6-15-7-10/h8-10H,3-7,12H2,1-2H3,(H,13,14). The van der Waals surface area contributed by atoms with E-state index in [2.05, 4.69) is 5.32 Å². The van der Waals surface area contributed by atoms with E-state index in [0.29, 0.717) is 5.92 Å². The molecule has 0 aromatic carbocycles. The van der Waals surface area contributed by atoms with Crippen LogP contribution in [0.1, 0.15) is 26.7 Å². The predicted molar refractivity (Wildman–Crippen MR) is 59.4 cm³/mol. The molecule has 0 radical (unpaired) electrons. The van der Waals surface area contributed by atoms with Crippen molar-refractivity contribution in [1.29, 1.82) is 0 Å². The van der Waals surface area contributed by atoms with Crippen molar-refractivity contribution in [2.45, 2.75) is 32.7 Å². The van der Waals surface area contributed by atoms with Crippen LogP contribution in [0.15, 0.2) is 0 Å². The molecule has 1 heterocycles. The highest BCUT2D eigenvalue weighted by molar-refractivity contribution is 5.78. The summed E-state index contributed by atoms with van der Waals surface area (Å²) in [7, 11) is 0. The van der Waals surface area contributed by atoms with Crippen molar-refractivity contribution >= 4 is 5.91 Å². The van der Waals surface area contributed by atoms with Crippen molar-refractivity contribution in [3.05, 3.63) is 0 Å². The normalized spacial score (nSPS) is 24.9. The SMILES string of the molecule is CC(N)C(C)C(=O)NCCC1CCOC1. The molecule has 88 valence electrons. The van der Waals surface area contributed by atoms with Crippen LogP contribution in [0, 0.1) is 11.8 Å². The van der Waals surface area contributed by atoms with Gasteiger partial charge in [-0.1, -0.05) is 6.92 Å². The van der Waals surface area contributed by atoms with E-state index in [1.54, 1.807) is 0 Å². The number of rotatable bonds is 5. The molecule has 0 spiro atoms. The van der Waals surface area contributed by atoms with Crippen LogP contribution in [0.5, 0.6) is 0 Å². The molecule has 1 saturated heterocycles. The monoisotopic (exact) mass is 214 g/mol. The maximum atomic E-state index is 11.5. The van der Waals surface area contributed by atoms with Gasteiger partial charge in [-0.2, -0.15) is 0 Å². The van der Waals surface area contributed by atoms with Crippen LogP contribution in [-0.2, 0) is 9.53 Å². The molecule has 4 nitrogen and oxygen atoms in total. The van der Waals surface area contributed by atoms with E-state index in [4.69, 9.17) is 10.5 Å². The van der Waals surface area contributed by atoms with Gasteiger partial charge in [0.15, 0.2) is 0 Å². The fourth-order valence-electron chi connectivity index (χ4n) is 1.61. The topological polar surface area (TPSA) is 64.4 Å². The largest absolute Gasteiger partial charge is 0.381 e. The van der Waals surface area contributed by atoms with E-state index >= 15 is 0 Å². The Kier molecular flexibility index (Phi) is 5.05. The minimum atomic E-state index is -0.107. The van der Waals surface area contributed by atoms with Gasteiger partial charge in [-0.3, -0.25) is 4.79 Å². The van der Waals surface area contributed by atoms with Gasteiger partial charge < -0.3 is 15.8 Å². The first kappa shape index (κ1) is 12.5. The van der Waals surface area contributed by atoms with Gasteiger partial charge in [0.05, 0.1) is 0 Å². The van der Waals surface area contributed by atoms with E-state index in [1.165, 1.54) is 0 Å². The van der Waals surface area contributed by atoms with Crippen molar-refractivity contribution < 1.29 is 9.53 Å². The Morgan fingerprint density at radius 3 is 2.87 bits per heavy atom. The van der Waals surface area contributed by atoms with Crippen molar-refractivity contribution in [1.82, 2.24) is 5.32 Å². The van der Waals surface area contributed by atoms with Gasteiger partial charge in [0.25, 0.3) is 0 Å². The van der Waals surface area contributed by atoms with Gasteiger partial charge in [-0.25, -0.2) is 0 Å². The summed E-state index contributed by atoms with van der Waals surface area (Å²) >= 11 is 0. The second-order valence-corrected chi connectivity index (χ2v) is 4.46. The fourth-order valence-corrected chi connectivity index (χ4v) is 1.61. The second kappa shape index (κ2) is 6.08. The Bertz CT molecular complexity index is 201. The lowest BCUT2D eigenvalue weighted by Crippen LogP contribution is -2.39. The van der Waals surface area contributed by atoms with Crippen LogP contribution in [0.4, 0.5) is 0 Å². The highest BCUT2D eigenvalue weighted by Gasteiger charge is 2.18. The van der Waals surface area contributed by atoms with E-state index in [1.807, 2.05) is 13.8 Å². The second-order valence-electron chi connectivity index (χ2n) is 4.46. The van der Waals surface area contributed by atoms with Crippen LogP contribution in [0.3, 0.4) is 0 Å². The number of ether oxygens (including phenoxy) is 1. The summed E-state index contributed by atoms with van der Waals surface area (Å²) in [6.07, 6.45) is 2.14. The van der Waals surface area contributed by atoms with Crippen LogP contribution in [0.25, 0.3) is 0 Å². The summed E-state index contributed by atoms with van der Waals surface area (Å²) in [4.78, 5) is 11.5. The van der Waals surface area contributed by atoms with E-state index in [0.717, 1.165) is 32.6 Å². The number of carbonyl (C=O) groups is 1. The molecule has 1 aliphatic heterocycles. The lowest BCUT2D eigenvalue weighted by atomic mass is 10.0. The molecule has 0 aliphatic carbocycles. The third kappa shape index (κ3) is 4.18. The molecule has 1 aliphatic rings. The molecule has 1 rings (SSSR count). The minimum Gasteiger partial charge on any atom is -0.381 e. The van der Waals surface area contributed by atoms with E-state index < -0.39 is 0 Å². The molecule has 1 amide bonds. The number of carbonyl (C=O) groups excluding carboxylic acids is 1. The van der Waals surface area contributed by atoms with E-state index in [9.17, 15) is 4.79 Å². The van der Waals surface area contributed by atoms with Gasteiger partial charge in [0.1, 0.15) is 0 Å². The molecular formula is C11H22N2O2. The molecule has 0 aromatic rings. The van der Waals surface area contributed by atoms with Gasteiger partial charge in [0, 0.05) is 31.7 Å². The molecule has 0 bridgehead atoms. The smallest absolute Gasteiger partial charge is 0.224 e. The lowest BCUT2D eigenvalue weighted by Gasteiger charge is -2.16. The molecule has 0 aromatic heterocycles. The number of hydrogen-bond donors (Lipinski definition) is 2. The first-order chi connectivity index (χ1) is 7.11. The molecule has 3 unspecified atom stereocenters. The molecule has 0 saturated carbocycles. The van der Waals surface area contributed by atoms with Gasteiger partial charge >= 0.3 is 0 Å². The number of nitrogens with one attached hydrogen (secondary N) is 1. The summed E-state index contributed by atoms with van der Waals surface area (Å²) in [6, 6.07) is -0.0835. The Hall–Kier alpha value is -0.610. The predicted octanol–water partition coefficient (Wildman–Crippen LogP) is 0.513.